The summed E-state index contributed by atoms with van der Waals surface area (Å²) in [6.45, 7) is 6.38. The molecule has 140 valence electrons. The molecule has 6 nitrogen and oxygen atoms in total. The van der Waals surface area contributed by atoms with Crippen LogP contribution in [-0.4, -0.2) is 86.2 Å². The molecular weight excluding hydrogens is 312 g/mol. The average Bonchev–Trinajstić information content (AvgIpc) is 2.62. The van der Waals surface area contributed by atoms with Gasteiger partial charge in [-0.3, -0.25) is 0 Å². The van der Waals surface area contributed by atoms with Gasteiger partial charge in [0.15, 0.2) is 0 Å². The Morgan fingerprint density at radius 3 is 2.08 bits per heavy atom. The number of hydrogen-bond donors (Lipinski definition) is 0. The maximum atomic E-state index is 5.01. The van der Waals surface area contributed by atoms with Gasteiger partial charge in [0.25, 0.3) is 0 Å². The van der Waals surface area contributed by atoms with Gasteiger partial charge in [-0.25, -0.2) is 4.98 Å². The molecule has 0 spiro atoms. The van der Waals surface area contributed by atoms with E-state index in [-0.39, 0.29) is 0 Å². The lowest BCUT2D eigenvalue weighted by Gasteiger charge is -2.38. The second kappa shape index (κ2) is 7.87. The Balaban J connectivity index is 1.78. The first-order valence-corrected chi connectivity index (χ1v) is 9.62. The predicted octanol–water partition coefficient (Wildman–Crippen LogP) is 1.85. The SMILES string of the molecule is Cc1cnc(N2CCC[C@H](N(C)C)C2)nc1N1CCC[C@H](N(C)C)C1. The van der Waals surface area contributed by atoms with Crippen molar-refractivity contribution in [1.29, 1.82) is 0 Å². The number of likely N-dealkylation sites (N-methyl/N-ethyl adjacent to an activating group) is 2. The van der Waals surface area contributed by atoms with E-state index in [1.165, 1.54) is 31.2 Å². The van der Waals surface area contributed by atoms with Gasteiger partial charge in [0.05, 0.1) is 0 Å². The van der Waals surface area contributed by atoms with E-state index >= 15 is 0 Å². The van der Waals surface area contributed by atoms with E-state index in [9.17, 15) is 0 Å². The molecule has 25 heavy (non-hydrogen) atoms. The van der Waals surface area contributed by atoms with E-state index in [1.807, 2.05) is 6.20 Å². The molecule has 0 aliphatic carbocycles. The summed E-state index contributed by atoms with van der Waals surface area (Å²) in [4.78, 5) is 19.2. The van der Waals surface area contributed by atoms with E-state index in [1.54, 1.807) is 0 Å². The van der Waals surface area contributed by atoms with E-state index in [0.29, 0.717) is 12.1 Å². The molecule has 0 aromatic carbocycles. The third kappa shape index (κ3) is 4.23. The molecule has 2 saturated heterocycles. The second-order valence-electron chi connectivity index (χ2n) is 8.09. The third-order valence-corrected chi connectivity index (χ3v) is 5.77. The van der Waals surface area contributed by atoms with Gasteiger partial charge in [-0.1, -0.05) is 0 Å². The number of piperidine rings is 2. The maximum absolute atomic E-state index is 5.01. The summed E-state index contributed by atoms with van der Waals surface area (Å²) in [6, 6.07) is 1.20. The fourth-order valence-electron chi connectivity index (χ4n) is 4.02. The molecule has 6 heteroatoms. The Kier molecular flexibility index (Phi) is 5.79. The zero-order chi connectivity index (χ0) is 18.0. The summed E-state index contributed by atoms with van der Waals surface area (Å²) in [6.07, 6.45) is 6.99. The zero-order valence-electron chi connectivity index (χ0n) is 16.6. The first-order chi connectivity index (χ1) is 12.0. The lowest BCUT2D eigenvalue weighted by Crippen LogP contribution is -2.47. The van der Waals surface area contributed by atoms with Crippen LogP contribution in [0.15, 0.2) is 6.20 Å². The molecule has 0 radical (unpaired) electrons. The summed E-state index contributed by atoms with van der Waals surface area (Å²) >= 11 is 0. The van der Waals surface area contributed by atoms with Crippen LogP contribution in [0.1, 0.15) is 31.2 Å². The van der Waals surface area contributed by atoms with Crippen molar-refractivity contribution in [2.75, 3.05) is 64.2 Å². The van der Waals surface area contributed by atoms with Gasteiger partial charge < -0.3 is 19.6 Å². The number of aromatic nitrogens is 2. The molecule has 0 unspecified atom stereocenters. The Labute approximate surface area is 152 Å². The molecule has 3 rings (SSSR count). The Morgan fingerprint density at radius 1 is 0.920 bits per heavy atom. The van der Waals surface area contributed by atoms with Crippen LogP contribution in [0.3, 0.4) is 0 Å². The van der Waals surface area contributed by atoms with Crippen molar-refractivity contribution in [3.63, 3.8) is 0 Å². The summed E-state index contributed by atoms with van der Waals surface area (Å²) < 4.78 is 0. The number of aryl methyl sites for hydroxylation is 1. The van der Waals surface area contributed by atoms with E-state index in [2.05, 4.69) is 59.7 Å². The quantitative estimate of drug-likeness (QED) is 0.828. The topological polar surface area (TPSA) is 38.7 Å². The van der Waals surface area contributed by atoms with Crippen molar-refractivity contribution in [3.05, 3.63) is 11.8 Å². The van der Waals surface area contributed by atoms with Crippen LogP contribution >= 0.6 is 0 Å². The monoisotopic (exact) mass is 346 g/mol. The average molecular weight is 347 g/mol. The molecule has 1 aromatic rings. The van der Waals surface area contributed by atoms with Gasteiger partial charge in [-0.05, 0) is 60.8 Å². The number of nitrogens with zero attached hydrogens (tertiary/aromatic N) is 6. The molecule has 0 amide bonds. The smallest absolute Gasteiger partial charge is 0.227 e. The summed E-state index contributed by atoms with van der Waals surface area (Å²) in [5.74, 6) is 2.03. The molecule has 1 aromatic heterocycles. The molecule has 0 bridgehead atoms. The van der Waals surface area contributed by atoms with Crippen LogP contribution in [0, 0.1) is 6.92 Å². The highest BCUT2D eigenvalue weighted by atomic mass is 15.3. The van der Waals surface area contributed by atoms with Crippen LogP contribution in [-0.2, 0) is 0 Å². The highest BCUT2D eigenvalue weighted by Gasteiger charge is 2.26. The highest BCUT2D eigenvalue weighted by Crippen LogP contribution is 2.26. The van der Waals surface area contributed by atoms with Gasteiger partial charge in [-0.2, -0.15) is 4.98 Å². The van der Waals surface area contributed by atoms with Crippen molar-refractivity contribution in [2.45, 2.75) is 44.7 Å². The van der Waals surface area contributed by atoms with E-state index in [0.717, 1.165) is 37.9 Å². The molecule has 2 aliphatic rings. The van der Waals surface area contributed by atoms with Gasteiger partial charge in [-0.15, -0.1) is 0 Å². The second-order valence-corrected chi connectivity index (χ2v) is 8.09. The van der Waals surface area contributed by atoms with Crippen LogP contribution in [0.2, 0.25) is 0 Å². The minimum absolute atomic E-state index is 0.593. The number of anilines is 2. The minimum atomic E-state index is 0.593. The van der Waals surface area contributed by atoms with Gasteiger partial charge >= 0.3 is 0 Å². The molecule has 2 aliphatic heterocycles. The molecule has 2 atom stereocenters. The Morgan fingerprint density at radius 2 is 1.48 bits per heavy atom. The fourth-order valence-corrected chi connectivity index (χ4v) is 4.02. The van der Waals surface area contributed by atoms with E-state index < -0.39 is 0 Å². The fraction of sp³-hybridized carbons (Fsp3) is 0.789. The molecule has 0 saturated carbocycles. The molecular formula is C19H34N6. The largest absolute Gasteiger partial charge is 0.355 e. The highest BCUT2D eigenvalue weighted by molar-refractivity contribution is 5.50. The van der Waals surface area contributed by atoms with Crippen molar-refractivity contribution in [2.24, 2.45) is 0 Å². The van der Waals surface area contributed by atoms with Gasteiger partial charge in [0, 0.05) is 50.0 Å². The van der Waals surface area contributed by atoms with Crippen LogP contribution in [0.4, 0.5) is 11.8 Å². The first-order valence-electron chi connectivity index (χ1n) is 9.62. The standard InChI is InChI=1S/C19H34N6/c1-15-12-20-19(25-11-7-9-17(14-25)23(4)5)21-18(15)24-10-6-8-16(13-24)22(2)3/h12,16-17H,6-11,13-14H2,1-5H3/t16-,17-/m0/s1. The van der Waals surface area contributed by atoms with Gasteiger partial charge in [0.2, 0.25) is 5.95 Å². The maximum Gasteiger partial charge on any atom is 0.227 e. The van der Waals surface area contributed by atoms with Crippen molar-refractivity contribution >= 4 is 11.8 Å². The Bertz CT molecular complexity index is 573. The lowest BCUT2D eigenvalue weighted by molar-refractivity contribution is 0.256. The molecule has 0 N–H and O–H groups in total. The van der Waals surface area contributed by atoms with Crippen LogP contribution in [0.5, 0.6) is 0 Å². The van der Waals surface area contributed by atoms with Crippen molar-refractivity contribution in [1.82, 2.24) is 19.8 Å². The van der Waals surface area contributed by atoms with Gasteiger partial charge in [0.1, 0.15) is 5.82 Å². The molecule has 2 fully saturated rings. The van der Waals surface area contributed by atoms with E-state index in [4.69, 9.17) is 4.98 Å². The van der Waals surface area contributed by atoms with Crippen LogP contribution in [0.25, 0.3) is 0 Å². The summed E-state index contributed by atoms with van der Waals surface area (Å²) in [7, 11) is 8.71. The zero-order valence-corrected chi connectivity index (χ0v) is 16.6. The normalized spacial score (nSPS) is 25.1. The minimum Gasteiger partial charge on any atom is -0.355 e. The van der Waals surface area contributed by atoms with Crippen LogP contribution < -0.4 is 9.80 Å². The van der Waals surface area contributed by atoms with Crippen molar-refractivity contribution in [3.8, 4) is 0 Å². The third-order valence-electron chi connectivity index (χ3n) is 5.77. The molecule has 3 heterocycles. The first kappa shape index (κ1) is 18.4. The number of rotatable bonds is 4. The lowest BCUT2D eigenvalue weighted by atomic mass is 10.0. The summed E-state index contributed by atoms with van der Waals surface area (Å²) in [5, 5.41) is 0. The Hall–Kier alpha value is -1.40. The summed E-state index contributed by atoms with van der Waals surface area (Å²) in [5.41, 5.74) is 1.18. The van der Waals surface area contributed by atoms with Crippen molar-refractivity contribution < 1.29 is 0 Å². The number of hydrogen-bond acceptors (Lipinski definition) is 6. The predicted molar refractivity (Wildman–Crippen MR) is 105 cm³/mol.